The molecule has 0 bridgehead atoms. The van der Waals surface area contributed by atoms with Gasteiger partial charge >= 0.3 is 0 Å². The van der Waals surface area contributed by atoms with Crippen LogP contribution in [-0.4, -0.2) is 40.7 Å². The standard InChI is InChI=1S/C26H40ClN5OS/c1-8-19(11-9-10-14-27)17-32-22-13-12-20(33-7)15-21(22)24(34-18(2)3)23(32)16-26(4,5)25(30-28)31(6)29/h8-9,11-13,15,18H,10,14,16-17,28-29H2,1-7H3/b11-9-,19-8+,30-25-. The van der Waals surface area contributed by atoms with Gasteiger partial charge in [-0.3, -0.25) is 5.01 Å². The zero-order chi connectivity index (χ0) is 25.5. The number of hydrazone groups is 1. The topological polar surface area (TPSA) is 81.8 Å². The van der Waals surface area contributed by atoms with E-state index < -0.39 is 0 Å². The molecule has 0 unspecified atom stereocenters. The lowest BCUT2D eigenvalue weighted by molar-refractivity contribution is 0.403. The van der Waals surface area contributed by atoms with Gasteiger partial charge in [-0.15, -0.1) is 23.4 Å². The summed E-state index contributed by atoms with van der Waals surface area (Å²) in [4.78, 5) is 1.26. The van der Waals surface area contributed by atoms with Gasteiger partial charge in [0, 0.05) is 58.1 Å². The van der Waals surface area contributed by atoms with Crippen LogP contribution in [0.1, 0.15) is 46.7 Å². The average Bonchev–Trinajstić information content (AvgIpc) is 3.03. The minimum atomic E-state index is -0.384. The molecule has 0 radical (unpaired) electrons. The number of rotatable bonds is 11. The van der Waals surface area contributed by atoms with Gasteiger partial charge < -0.3 is 15.1 Å². The molecule has 2 rings (SSSR count). The van der Waals surface area contributed by atoms with Gasteiger partial charge in [-0.05, 0) is 37.1 Å². The minimum Gasteiger partial charge on any atom is -0.497 e. The molecule has 0 saturated carbocycles. The van der Waals surface area contributed by atoms with Gasteiger partial charge in [0.1, 0.15) is 11.6 Å². The fourth-order valence-corrected chi connectivity index (χ4v) is 5.37. The number of nitrogens with two attached hydrogens (primary N) is 2. The van der Waals surface area contributed by atoms with E-state index in [4.69, 9.17) is 28.0 Å². The van der Waals surface area contributed by atoms with Gasteiger partial charge in [0.25, 0.3) is 0 Å². The summed E-state index contributed by atoms with van der Waals surface area (Å²) in [7, 11) is 3.48. The number of hydrogen-bond donors (Lipinski definition) is 2. The molecule has 0 aliphatic heterocycles. The van der Waals surface area contributed by atoms with Crippen molar-refractivity contribution in [2.24, 2.45) is 22.2 Å². The van der Waals surface area contributed by atoms with Crippen LogP contribution >= 0.6 is 23.4 Å². The Bertz CT molecular complexity index is 1050. The molecule has 1 heterocycles. The second-order valence-corrected chi connectivity index (χ2v) is 11.2. The summed E-state index contributed by atoms with van der Waals surface area (Å²) in [6, 6.07) is 6.31. The minimum absolute atomic E-state index is 0.384. The number of halogens is 1. The van der Waals surface area contributed by atoms with Gasteiger partial charge in [0.2, 0.25) is 0 Å². The number of amidine groups is 1. The first kappa shape index (κ1) is 28.1. The Kier molecular flexibility index (Phi) is 10.4. The summed E-state index contributed by atoms with van der Waals surface area (Å²) in [5.74, 6) is 14.0. The zero-order valence-electron chi connectivity index (χ0n) is 21.6. The molecule has 0 aliphatic rings. The molecule has 0 spiro atoms. The Labute approximate surface area is 214 Å². The van der Waals surface area contributed by atoms with Crippen LogP contribution in [0.3, 0.4) is 0 Å². The summed E-state index contributed by atoms with van der Waals surface area (Å²) >= 11 is 7.76. The van der Waals surface area contributed by atoms with Gasteiger partial charge in [-0.2, -0.15) is 5.10 Å². The highest BCUT2D eigenvalue weighted by Gasteiger charge is 2.32. The fraction of sp³-hybridized carbons (Fsp3) is 0.500. The summed E-state index contributed by atoms with van der Waals surface area (Å²) < 4.78 is 7.98. The van der Waals surface area contributed by atoms with Crippen LogP contribution < -0.4 is 16.4 Å². The van der Waals surface area contributed by atoms with Gasteiger partial charge in [-0.25, -0.2) is 5.84 Å². The number of aromatic nitrogens is 1. The van der Waals surface area contributed by atoms with Gasteiger partial charge in [0.15, 0.2) is 0 Å². The van der Waals surface area contributed by atoms with E-state index in [9.17, 15) is 0 Å². The summed E-state index contributed by atoms with van der Waals surface area (Å²) in [6.45, 7) is 11.5. The average molecular weight is 506 g/mol. The van der Waals surface area contributed by atoms with Gasteiger partial charge in [-0.1, -0.05) is 45.9 Å². The summed E-state index contributed by atoms with van der Waals surface area (Å²) in [5.41, 5.74) is 3.25. The number of hydrazine groups is 1. The summed E-state index contributed by atoms with van der Waals surface area (Å²) in [5, 5.41) is 7.15. The van der Waals surface area contributed by atoms with E-state index in [2.05, 4.69) is 74.6 Å². The van der Waals surface area contributed by atoms with Crippen molar-refractivity contribution in [3.05, 3.63) is 47.7 Å². The quantitative estimate of drug-likeness (QED) is 0.0752. The van der Waals surface area contributed by atoms with Crippen molar-refractivity contribution in [3.63, 3.8) is 0 Å². The third-order valence-electron chi connectivity index (χ3n) is 5.67. The van der Waals surface area contributed by atoms with E-state index in [1.165, 1.54) is 32.1 Å². The molecule has 34 heavy (non-hydrogen) atoms. The Morgan fingerprint density at radius 2 is 2.06 bits per heavy atom. The number of fused-ring (bicyclic) bond motifs is 1. The summed E-state index contributed by atoms with van der Waals surface area (Å²) in [6.07, 6.45) is 8.02. The largest absolute Gasteiger partial charge is 0.497 e. The van der Waals surface area contributed by atoms with Crippen molar-refractivity contribution < 1.29 is 4.74 Å². The number of alkyl halides is 1. The predicted octanol–water partition coefficient (Wildman–Crippen LogP) is 5.93. The maximum absolute atomic E-state index is 6.09. The molecule has 8 heteroatoms. The number of ether oxygens (including phenoxy) is 1. The van der Waals surface area contributed by atoms with E-state index >= 15 is 0 Å². The van der Waals surface area contributed by atoms with Gasteiger partial charge in [0.05, 0.1) is 7.11 Å². The highest BCUT2D eigenvalue weighted by atomic mass is 35.5. The second-order valence-electron chi connectivity index (χ2n) is 9.28. The molecule has 6 nitrogen and oxygen atoms in total. The second kappa shape index (κ2) is 12.6. The highest BCUT2D eigenvalue weighted by molar-refractivity contribution is 8.00. The van der Waals surface area contributed by atoms with Crippen LogP contribution in [0.2, 0.25) is 0 Å². The Morgan fingerprint density at radius 1 is 1.35 bits per heavy atom. The molecule has 188 valence electrons. The molecule has 2 aromatic rings. The van der Waals surface area contributed by atoms with Crippen molar-refractivity contribution in [3.8, 4) is 5.75 Å². The molecular weight excluding hydrogens is 466 g/mol. The normalized spacial score (nSPS) is 13.5. The SMILES string of the molecule is C/C=C(\C=C/CCCl)Cn1c(CC(C)(C)/C(=N/N)N(C)N)c(SC(C)C)c2cc(OC)ccc21. The highest BCUT2D eigenvalue weighted by Crippen LogP contribution is 2.41. The number of thioether (sulfide) groups is 1. The number of nitrogens with zero attached hydrogens (tertiary/aromatic N) is 3. The van der Waals surface area contributed by atoms with E-state index in [0.29, 0.717) is 17.0 Å². The van der Waals surface area contributed by atoms with Crippen molar-refractivity contribution in [1.82, 2.24) is 9.58 Å². The van der Waals surface area contributed by atoms with E-state index in [-0.39, 0.29) is 5.41 Å². The molecule has 0 aliphatic carbocycles. The van der Waals surface area contributed by atoms with E-state index in [0.717, 1.165) is 25.1 Å². The van der Waals surface area contributed by atoms with Crippen molar-refractivity contribution in [2.45, 2.75) is 64.2 Å². The lowest BCUT2D eigenvalue weighted by Gasteiger charge is -2.31. The molecular formula is C26H40ClN5OS. The Balaban J connectivity index is 2.77. The van der Waals surface area contributed by atoms with Crippen LogP contribution in [0, 0.1) is 5.41 Å². The van der Waals surface area contributed by atoms with Crippen LogP contribution in [-0.2, 0) is 13.0 Å². The zero-order valence-corrected chi connectivity index (χ0v) is 23.1. The number of allylic oxidation sites excluding steroid dienone is 4. The molecule has 0 fully saturated rings. The van der Waals surface area contributed by atoms with Crippen LogP contribution in [0.15, 0.2) is 52.0 Å². The molecule has 1 aromatic carbocycles. The number of methoxy groups -OCH3 is 1. The van der Waals surface area contributed by atoms with Crippen LogP contribution in [0.4, 0.5) is 0 Å². The molecule has 0 atom stereocenters. The maximum atomic E-state index is 6.09. The molecule has 4 N–H and O–H groups in total. The van der Waals surface area contributed by atoms with E-state index in [1.807, 2.05) is 17.8 Å². The monoisotopic (exact) mass is 505 g/mol. The Hall–Kier alpha value is -2.09. The van der Waals surface area contributed by atoms with E-state index in [1.54, 1.807) is 14.2 Å². The smallest absolute Gasteiger partial charge is 0.144 e. The third-order valence-corrected chi connectivity index (χ3v) is 7.05. The first-order valence-corrected chi connectivity index (χ1v) is 13.0. The molecule has 0 saturated heterocycles. The van der Waals surface area contributed by atoms with Crippen molar-refractivity contribution in [2.75, 3.05) is 20.0 Å². The van der Waals surface area contributed by atoms with Crippen molar-refractivity contribution >= 4 is 40.1 Å². The number of benzene rings is 1. The maximum Gasteiger partial charge on any atom is 0.144 e. The Morgan fingerprint density at radius 3 is 2.59 bits per heavy atom. The van der Waals surface area contributed by atoms with Crippen LogP contribution in [0.5, 0.6) is 5.75 Å². The van der Waals surface area contributed by atoms with Crippen LogP contribution in [0.25, 0.3) is 10.9 Å². The lowest BCUT2D eigenvalue weighted by atomic mass is 9.85. The fourth-order valence-electron chi connectivity index (χ4n) is 4.17. The predicted molar refractivity (Wildman–Crippen MR) is 149 cm³/mol. The lowest BCUT2D eigenvalue weighted by Crippen LogP contribution is -2.44. The first-order chi connectivity index (χ1) is 16.1. The van der Waals surface area contributed by atoms with Crippen molar-refractivity contribution in [1.29, 1.82) is 0 Å². The first-order valence-electron chi connectivity index (χ1n) is 11.6. The number of hydrogen-bond acceptors (Lipinski definition) is 5. The molecule has 1 aromatic heterocycles. The molecule has 0 amide bonds. The third kappa shape index (κ3) is 6.74.